The third-order valence-corrected chi connectivity index (χ3v) is 9.14. The van der Waals surface area contributed by atoms with Gasteiger partial charge in [0.2, 0.25) is 0 Å². The van der Waals surface area contributed by atoms with Crippen LogP contribution in [0.15, 0.2) is 12.1 Å². The molecule has 0 heterocycles. The van der Waals surface area contributed by atoms with Crippen LogP contribution in [0.5, 0.6) is 5.75 Å². The molecule has 0 spiro atoms. The SMILES string of the molecule is CC(=O)c1cc(OCOCC[Si](C)(C)C)cc2c1CC[C@@H]1C(C)(C)CCC[C@@]21C. The number of ether oxygens (including phenoxy) is 2. The highest BCUT2D eigenvalue weighted by Crippen LogP contribution is 2.57. The molecule has 0 amide bonds. The number of benzene rings is 1. The highest BCUT2D eigenvalue weighted by molar-refractivity contribution is 6.76. The molecule has 3 rings (SSSR count). The molecule has 1 fully saturated rings. The second kappa shape index (κ2) is 8.18. The van der Waals surface area contributed by atoms with Crippen molar-refractivity contribution in [3.63, 3.8) is 0 Å². The van der Waals surface area contributed by atoms with E-state index in [1.165, 1.54) is 36.8 Å². The summed E-state index contributed by atoms with van der Waals surface area (Å²) in [6.45, 7) is 17.0. The number of rotatable bonds is 7. The quantitative estimate of drug-likeness (QED) is 0.217. The lowest BCUT2D eigenvalue weighted by atomic mass is 9.50. The Morgan fingerprint density at radius 3 is 2.55 bits per heavy atom. The molecule has 4 heteroatoms. The predicted molar refractivity (Wildman–Crippen MR) is 123 cm³/mol. The zero-order valence-corrected chi connectivity index (χ0v) is 20.6. The summed E-state index contributed by atoms with van der Waals surface area (Å²) in [5.74, 6) is 1.58. The van der Waals surface area contributed by atoms with Crippen molar-refractivity contribution in [3.8, 4) is 5.75 Å². The van der Waals surface area contributed by atoms with Crippen molar-refractivity contribution in [2.75, 3.05) is 13.4 Å². The zero-order chi connectivity index (χ0) is 21.4. The van der Waals surface area contributed by atoms with Gasteiger partial charge in [0.05, 0.1) is 0 Å². The van der Waals surface area contributed by atoms with Gasteiger partial charge in [-0.2, -0.15) is 0 Å². The Bertz CT molecular complexity index is 762. The monoisotopic (exact) mass is 416 g/mol. The Morgan fingerprint density at radius 2 is 1.90 bits per heavy atom. The van der Waals surface area contributed by atoms with Crippen LogP contribution in [0.3, 0.4) is 0 Å². The van der Waals surface area contributed by atoms with E-state index in [0.717, 1.165) is 30.4 Å². The Kier molecular flexibility index (Phi) is 6.36. The lowest BCUT2D eigenvalue weighted by Gasteiger charge is -2.54. The molecule has 2 atom stereocenters. The number of carbonyl (C=O) groups excluding carboxylic acids is 1. The summed E-state index contributed by atoms with van der Waals surface area (Å²) >= 11 is 0. The molecule has 0 unspecified atom stereocenters. The van der Waals surface area contributed by atoms with Gasteiger partial charge in [-0.25, -0.2) is 0 Å². The van der Waals surface area contributed by atoms with E-state index in [2.05, 4.69) is 46.5 Å². The largest absolute Gasteiger partial charge is 0.468 e. The average Bonchev–Trinajstić information content (AvgIpc) is 2.59. The highest BCUT2D eigenvalue weighted by atomic mass is 28.3. The van der Waals surface area contributed by atoms with E-state index in [1.54, 1.807) is 6.92 Å². The van der Waals surface area contributed by atoms with Crippen molar-refractivity contribution in [3.05, 3.63) is 28.8 Å². The molecule has 162 valence electrons. The van der Waals surface area contributed by atoms with E-state index in [0.29, 0.717) is 11.3 Å². The molecule has 0 radical (unpaired) electrons. The molecule has 29 heavy (non-hydrogen) atoms. The zero-order valence-electron chi connectivity index (χ0n) is 19.6. The first-order chi connectivity index (χ1) is 13.4. The van der Waals surface area contributed by atoms with Crippen molar-refractivity contribution in [1.82, 2.24) is 0 Å². The Hall–Kier alpha value is -1.13. The molecule has 1 saturated carbocycles. The first-order valence-electron chi connectivity index (χ1n) is 11.3. The van der Waals surface area contributed by atoms with Crippen LogP contribution in [0, 0.1) is 11.3 Å². The predicted octanol–water partition coefficient (Wildman–Crippen LogP) is 6.61. The Labute approximate surface area is 178 Å². The smallest absolute Gasteiger partial charge is 0.189 e. The standard InChI is InChI=1S/C25H40O3Si/c1-18(26)21-15-19(28-17-27-13-14-29(5,6)7)16-22-20(21)9-10-23-24(2,3)11-8-12-25(22,23)4/h15-16,23H,8-14,17H2,1-7H3/t23-,25+/m1/s1. The first-order valence-corrected chi connectivity index (χ1v) is 15.0. The summed E-state index contributed by atoms with van der Waals surface area (Å²) in [5.41, 5.74) is 3.94. The fraction of sp³-hybridized carbons (Fsp3) is 0.720. The molecule has 0 bridgehead atoms. The van der Waals surface area contributed by atoms with Gasteiger partial charge in [-0.15, -0.1) is 0 Å². The summed E-state index contributed by atoms with van der Waals surface area (Å²) in [7, 11) is -1.10. The topological polar surface area (TPSA) is 35.5 Å². The fourth-order valence-corrected chi connectivity index (χ4v) is 6.57. The van der Waals surface area contributed by atoms with Gasteiger partial charge in [-0.1, -0.05) is 46.8 Å². The molecule has 0 saturated heterocycles. The molecule has 2 aliphatic carbocycles. The number of hydrogen-bond donors (Lipinski definition) is 0. The number of hydrogen-bond acceptors (Lipinski definition) is 3. The summed E-state index contributed by atoms with van der Waals surface area (Å²) in [6, 6.07) is 5.30. The van der Waals surface area contributed by atoms with Crippen LogP contribution in [0.1, 0.15) is 74.9 Å². The minimum absolute atomic E-state index is 0.123. The molecule has 0 aliphatic heterocycles. The van der Waals surface area contributed by atoms with Crippen LogP contribution >= 0.6 is 0 Å². The van der Waals surface area contributed by atoms with Crippen LogP contribution in [-0.4, -0.2) is 27.3 Å². The Balaban J connectivity index is 1.86. The normalized spacial score (nSPS) is 25.8. The molecular formula is C25H40O3Si. The van der Waals surface area contributed by atoms with E-state index < -0.39 is 8.07 Å². The second-order valence-corrected chi connectivity index (χ2v) is 17.0. The molecule has 2 aliphatic rings. The van der Waals surface area contributed by atoms with Crippen LogP contribution in [-0.2, 0) is 16.6 Å². The fourth-order valence-electron chi connectivity index (χ4n) is 5.81. The van der Waals surface area contributed by atoms with Crippen molar-refractivity contribution >= 4 is 13.9 Å². The number of Topliss-reactive ketones (excluding diaryl/α,β-unsaturated/α-hetero) is 1. The molecule has 0 aromatic heterocycles. The summed E-state index contributed by atoms with van der Waals surface area (Å²) < 4.78 is 11.7. The molecular weight excluding hydrogens is 376 g/mol. The molecule has 3 nitrogen and oxygen atoms in total. The van der Waals surface area contributed by atoms with Gasteiger partial charge in [0, 0.05) is 20.2 Å². The maximum absolute atomic E-state index is 12.5. The third-order valence-electron chi connectivity index (χ3n) is 7.44. The van der Waals surface area contributed by atoms with Gasteiger partial charge in [0.1, 0.15) is 5.75 Å². The van der Waals surface area contributed by atoms with E-state index in [9.17, 15) is 4.79 Å². The lowest BCUT2D eigenvalue weighted by Crippen LogP contribution is -2.48. The van der Waals surface area contributed by atoms with Gasteiger partial charge in [-0.05, 0) is 78.7 Å². The first kappa shape index (κ1) is 22.5. The van der Waals surface area contributed by atoms with Gasteiger partial charge in [0.15, 0.2) is 12.6 Å². The van der Waals surface area contributed by atoms with Gasteiger partial charge in [-0.3, -0.25) is 4.79 Å². The van der Waals surface area contributed by atoms with Gasteiger partial charge in [0.25, 0.3) is 0 Å². The van der Waals surface area contributed by atoms with E-state index in [4.69, 9.17) is 9.47 Å². The third kappa shape index (κ3) is 4.79. The van der Waals surface area contributed by atoms with Crippen molar-refractivity contribution in [2.45, 2.75) is 90.9 Å². The minimum atomic E-state index is -1.10. The Morgan fingerprint density at radius 1 is 1.17 bits per heavy atom. The van der Waals surface area contributed by atoms with Gasteiger partial charge < -0.3 is 9.47 Å². The summed E-state index contributed by atoms with van der Waals surface area (Å²) in [6.07, 6.45) is 5.92. The molecule has 1 aromatic carbocycles. The second-order valence-electron chi connectivity index (χ2n) is 11.4. The van der Waals surface area contributed by atoms with Crippen LogP contribution in [0.25, 0.3) is 0 Å². The van der Waals surface area contributed by atoms with Crippen molar-refractivity contribution in [2.24, 2.45) is 11.3 Å². The highest BCUT2D eigenvalue weighted by Gasteiger charge is 2.50. The van der Waals surface area contributed by atoms with Crippen molar-refractivity contribution in [1.29, 1.82) is 0 Å². The number of carbonyl (C=O) groups is 1. The average molecular weight is 417 g/mol. The molecule has 1 aromatic rings. The summed E-state index contributed by atoms with van der Waals surface area (Å²) in [5, 5.41) is 0. The number of fused-ring (bicyclic) bond motifs is 3. The van der Waals surface area contributed by atoms with E-state index >= 15 is 0 Å². The number of ketones is 1. The van der Waals surface area contributed by atoms with Crippen LogP contribution in [0.2, 0.25) is 25.7 Å². The molecule has 0 N–H and O–H groups in total. The lowest BCUT2D eigenvalue weighted by molar-refractivity contribution is 0.0207. The summed E-state index contributed by atoms with van der Waals surface area (Å²) in [4.78, 5) is 12.5. The van der Waals surface area contributed by atoms with Crippen LogP contribution in [0.4, 0.5) is 0 Å². The minimum Gasteiger partial charge on any atom is -0.468 e. The van der Waals surface area contributed by atoms with Crippen LogP contribution < -0.4 is 4.74 Å². The van der Waals surface area contributed by atoms with E-state index in [-0.39, 0.29) is 18.0 Å². The maximum Gasteiger partial charge on any atom is 0.189 e. The van der Waals surface area contributed by atoms with E-state index in [1.807, 2.05) is 6.07 Å². The van der Waals surface area contributed by atoms with Crippen molar-refractivity contribution < 1.29 is 14.3 Å². The maximum atomic E-state index is 12.5. The van der Waals surface area contributed by atoms with Gasteiger partial charge >= 0.3 is 0 Å².